The van der Waals surface area contributed by atoms with Gasteiger partial charge in [-0.2, -0.15) is 0 Å². The van der Waals surface area contributed by atoms with Crippen LogP contribution in [0.5, 0.6) is 0 Å². The highest BCUT2D eigenvalue weighted by Gasteiger charge is 2.15. The molecule has 1 rings (SSSR count). The van der Waals surface area contributed by atoms with E-state index in [4.69, 9.17) is 15.9 Å². The summed E-state index contributed by atoms with van der Waals surface area (Å²) in [6, 6.07) is 1.11. The Labute approximate surface area is 117 Å². The number of aromatic carboxylic acids is 1. The molecule has 108 valence electrons. The molecule has 0 aliphatic heterocycles. The Morgan fingerprint density at radius 2 is 2.25 bits per heavy atom. The molecule has 0 aromatic carbocycles. The fourth-order valence-corrected chi connectivity index (χ4v) is 1.75. The molecule has 6 nitrogen and oxygen atoms in total. The first kappa shape index (κ1) is 15.6. The zero-order chi connectivity index (χ0) is 15.1. The summed E-state index contributed by atoms with van der Waals surface area (Å²) < 4.78 is 5.27. The van der Waals surface area contributed by atoms with E-state index >= 15 is 0 Å². The van der Waals surface area contributed by atoms with Crippen molar-refractivity contribution >= 4 is 12.0 Å². The van der Waals surface area contributed by atoms with Crippen molar-refractivity contribution in [1.82, 2.24) is 10.2 Å². The van der Waals surface area contributed by atoms with Gasteiger partial charge in [0.05, 0.1) is 13.1 Å². The van der Waals surface area contributed by atoms with E-state index < -0.39 is 5.97 Å². The van der Waals surface area contributed by atoms with Crippen LogP contribution in [0.25, 0.3) is 0 Å². The molecule has 0 unspecified atom stereocenters. The minimum absolute atomic E-state index is 0.100. The predicted octanol–water partition coefficient (Wildman–Crippen LogP) is 1.84. The number of hydrogen-bond donors (Lipinski definition) is 2. The van der Waals surface area contributed by atoms with Gasteiger partial charge in [0.25, 0.3) is 0 Å². The summed E-state index contributed by atoms with van der Waals surface area (Å²) in [5.74, 6) is 2.08. The number of amides is 2. The lowest BCUT2D eigenvalue weighted by molar-refractivity contribution is 0.0695. The Morgan fingerprint density at radius 1 is 1.55 bits per heavy atom. The minimum atomic E-state index is -1.05. The smallest absolute Gasteiger partial charge is 0.339 e. The summed E-state index contributed by atoms with van der Waals surface area (Å²) in [7, 11) is 0. The summed E-state index contributed by atoms with van der Waals surface area (Å²) in [6.07, 6.45) is 6.01. The number of rotatable bonds is 6. The Hall–Kier alpha value is -2.42. The standard InChI is InChI=1S/C14H18N2O4/c1-4-6-16(7-5-2)14(19)15-9-11-8-12(13(17)18)10(3)20-11/h1,8H,5-7,9H2,2-3H3,(H,15,19)(H,17,18). The van der Waals surface area contributed by atoms with Crippen LogP contribution in [0.15, 0.2) is 10.5 Å². The van der Waals surface area contributed by atoms with E-state index in [1.165, 1.54) is 11.0 Å². The Bertz CT molecular complexity index is 528. The van der Waals surface area contributed by atoms with Crippen molar-refractivity contribution in [2.45, 2.75) is 26.8 Å². The first-order valence-corrected chi connectivity index (χ1v) is 6.28. The summed E-state index contributed by atoms with van der Waals surface area (Å²) in [5, 5.41) is 11.6. The molecule has 0 radical (unpaired) electrons. The normalized spacial score (nSPS) is 9.85. The Balaban J connectivity index is 2.62. The van der Waals surface area contributed by atoms with Crippen LogP contribution >= 0.6 is 0 Å². The Morgan fingerprint density at radius 3 is 2.75 bits per heavy atom. The molecule has 2 N–H and O–H groups in total. The molecule has 2 amide bonds. The molecular weight excluding hydrogens is 260 g/mol. The number of carbonyl (C=O) groups is 2. The third-order valence-electron chi connectivity index (χ3n) is 2.68. The number of aryl methyl sites for hydroxylation is 1. The highest BCUT2D eigenvalue weighted by Crippen LogP contribution is 2.14. The Kier molecular flexibility index (Phi) is 5.66. The van der Waals surface area contributed by atoms with E-state index in [0.717, 1.165) is 6.42 Å². The average Bonchev–Trinajstić information content (AvgIpc) is 2.77. The molecule has 0 atom stereocenters. The molecule has 0 bridgehead atoms. The minimum Gasteiger partial charge on any atom is -0.478 e. The molecule has 0 aliphatic carbocycles. The van der Waals surface area contributed by atoms with Crippen molar-refractivity contribution in [3.63, 3.8) is 0 Å². The van der Waals surface area contributed by atoms with Crippen molar-refractivity contribution in [2.24, 2.45) is 0 Å². The lowest BCUT2D eigenvalue weighted by Gasteiger charge is -2.19. The summed E-state index contributed by atoms with van der Waals surface area (Å²) in [6.45, 7) is 4.44. The third-order valence-corrected chi connectivity index (χ3v) is 2.68. The number of carbonyl (C=O) groups excluding carboxylic acids is 1. The summed E-state index contributed by atoms with van der Waals surface area (Å²) in [4.78, 5) is 24.3. The van der Waals surface area contributed by atoms with E-state index in [1.54, 1.807) is 6.92 Å². The second kappa shape index (κ2) is 7.24. The first-order valence-electron chi connectivity index (χ1n) is 6.28. The van der Waals surface area contributed by atoms with E-state index in [2.05, 4.69) is 11.2 Å². The van der Waals surface area contributed by atoms with Gasteiger partial charge in [-0.15, -0.1) is 6.42 Å². The SMILES string of the molecule is C#CCN(CCC)C(=O)NCc1cc(C(=O)O)c(C)o1. The maximum absolute atomic E-state index is 11.9. The van der Waals surface area contributed by atoms with E-state index in [-0.39, 0.29) is 24.7 Å². The topological polar surface area (TPSA) is 82.8 Å². The predicted molar refractivity (Wildman–Crippen MR) is 73.3 cm³/mol. The number of furan rings is 1. The quantitative estimate of drug-likeness (QED) is 0.778. The van der Waals surface area contributed by atoms with Crippen LogP contribution in [0.1, 0.15) is 35.2 Å². The highest BCUT2D eigenvalue weighted by molar-refractivity contribution is 5.88. The molecule has 0 spiro atoms. The van der Waals surface area contributed by atoms with Gasteiger partial charge in [-0.1, -0.05) is 12.8 Å². The molecule has 1 aromatic heterocycles. The lowest BCUT2D eigenvalue weighted by Crippen LogP contribution is -2.40. The zero-order valence-electron chi connectivity index (χ0n) is 11.6. The maximum atomic E-state index is 11.9. The van der Waals surface area contributed by atoms with Crippen LogP contribution in [0.2, 0.25) is 0 Å². The zero-order valence-corrected chi connectivity index (χ0v) is 11.6. The van der Waals surface area contributed by atoms with Crippen LogP contribution in [0.3, 0.4) is 0 Å². The number of terminal acetylenes is 1. The molecule has 0 saturated heterocycles. The van der Waals surface area contributed by atoms with Crippen molar-refractivity contribution < 1.29 is 19.1 Å². The molecule has 0 aliphatic rings. The van der Waals surface area contributed by atoms with E-state index in [9.17, 15) is 9.59 Å². The van der Waals surface area contributed by atoms with Crippen molar-refractivity contribution in [2.75, 3.05) is 13.1 Å². The van der Waals surface area contributed by atoms with Crippen LogP contribution in [-0.4, -0.2) is 35.1 Å². The van der Waals surface area contributed by atoms with Crippen LogP contribution in [-0.2, 0) is 6.54 Å². The van der Waals surface area contributed by atoms with Crippen LogP contribution < -0.4 is 5.32 Å². The molecular formula is C14H18N2O4. The van der Waals surface area contributed by atoms with Gasteiger partial charge in [0.2, 0.25) is 0 Å². The van der Waals surface area contributed by atoms with E-state index in [0.29, 0.717) is 18.1 Å². The first-order chi connectivity index (χ1) is 9.49. The number of carboxylic acids is 1. The molecule has 1 heterocycles. The number of hydrogen-bond acceptors (Lipinski definition) is 3. The second-order valence-corrected chi connectivity index (χ2v) is 4.27. The van der Waals surface area contributed by atoms with Gasteiger partial charge in [0, 0.05) is 6.54 Å². The van der Waals surface area contributed by atoms with Gasteiger partial charge in [-0.3, -0.25) is 0 Å². The second-order valence-electron chi connectivity index (χ2n) is 4.27. The van der Waals surface area contributed by atoms with Crippen molar-refractivity contribution in [3.05, 3.63) is 23.2 Å². The molecule has 6 heteroatoms. The highest BCUT2D eigenvalue weighted by atomic mass is 16.4. The number of urea groups is 1. The van der Waals surface area contributed by atoms with Crippen molar-refractivity contribution in [3.8, 4) is 12.3 Å². The average molecular weight is 278 g/mol. The van der Waals surface area contributed by atoms with Gasteiger partial charge in [0.15, 0.2) is 0 Å². The third kappa shape index (κ3) is 4.05. The monoisotopic (exact) mass is 278 g/mol. The van der Waals surface area contributed by atoms with Gasteiger partial charge >= 0.3 is 12.0 Å². The summed E-state index contributed by atoms with van der Waals surface area (Å²) >= 11 is 0. The summed E-state index contributed by atoms with van der Waals surface area (Å²) in [5.41, 5.74) is 0.100. The number of nitrogens with zero attached hydrogens (tertiary/aromatic N) is 1. The molecule has 20 heavy (non-hydrogen) atoms. The molecule has 0 saturated carbocycles. The molecule has 1 aromatic rings. The number of carboxylic acid groups (broad SMARTS) is 1. The molecule has 0 fully saturated rings. The van der Waals surface area contributed by atoms with Crippen molar-refractivity contribution in [1.29, 1.82) is 0 Å². The number of nitrogens with one attached hydrogen (secondary N) is 1. The van der Waals surface area contributed by atoms with Gasteiger partial charge < -0.3 is 19.7 Å². The maximum Gasteiger partial charge on any atom is 0.339 e. The largest absolute Gasteiger partial charge is 0.478 e. The van der Waals surface area contributed by atoms with Crippen LogP contribution in [0.4, 0.5) is 4.79 Å². The fourth-order valence-electron chi connectivity index (χ4n) is 1.75. The van der Waals surface area contributed by atoms with Gasteiger partial charge in [-0.25, -0.2) is 9.59 Å². The van der Waals surface area contributed by atoms with Gasteiger partial charge in [0.1, 0.15) is 17.1 Å². The van der Waals surface area contributed by atoms with E-state index in [1.807, 2.05) is 6.92 Å². The van der Waals surface area contributed by atoms with Gasteiger partial charge in [-0.05, 0) is 19.4 Å². The lowest BCUT2D eigenvalue weighted by atomic mass is 10.2. The fraction of sp³-hybridized carbons (Fsp3) is 0.429. The van der Waals surface area contributed by atoms with Crippen LogP contribution in [0, 0.1) is 19.3 Å².